The summed E-state index contributed by atoms with van der Waals surface area (Å²) in [4.78, 5) is 22.9. The van der Waals surface area contributed by atoms with Crippen molar-refractivity contribution in [1.29, 1.82) is 0 Å². The van der Waals surface area contributed by atoms with Gasteiger partial charge in [-0.2, -0.15) is 0 Å². The Kier molecular flexibility index (Phi) is 3.71. The van der Waals surface area contributed by atoms with Gasteiger partial charge >= 0.3 is 5.97 Å². The number of nitrogens with two attached hydrogens (primary N) is 1. The first-order valence-electron chi connectivity index (χ1n) is 5.06. The maximum absolute atomic E-state index is 11.5. The van der Waals surface area contributed by atoms with Gasteiger partial charge in [0, 0.05) is 12.3 Å². The van der Waals surface area contributed by atoms with Gasteiger partial charge in [0.15, 0.2) is 0 Å². The van der Waals surface area contributed by atoms with Crippen LogP contribution in [0.25, 0.3) is 0 Å². The zero-order valence-corrected chi connectivity index (χ0v) is 9.69. The predicted molar refractivity (Wildman–Crippen MR) is 61.1 cm³/mol. The smallest absolute Gasteiger partial charge is 0.326 e. The molecule has 16 heavy (non-hydrogen) atoms. The van der Waals surface area contributed by atoms with Crippen LogP contribution in [0, 0.1) is 6.92 Å². The van der Waals surface area contributed by atoms with Crippen LogP contribution in [0.2, 0.25) is 0 Å². The van der Waals surface area contributed by atoms with Crippen LogP contribution in [0.1, 0.15) is 19.4 Å². The molecule has 0 amide bonds. The molecule has 0 aromatic carbocycles. The molecule has 0 fully saturated rings. The number of esters is 1. The normalized spacial score (nSPS) is 10.5. The third kappa shape index (κ3) is 3.12. The molecule has 1 aromatic rings. The summed E-state index contributed by atoms with van der Waals surface area (Å²) in [5, 5.41) is 0. The topological polar surface area (TPSA) is 74.3 Å². The molecular formula is C11H16N2O3. The van der Waals surface area contributed by atoms with Crippen molar-refractivity contribution >= 4 is 11.7 Å². The van der Waals surface area contributed by atoms with E-state index in [0.29, 0.717) is 11.3 Å². The van der Waals surface area contributed by atoms with Crippen LogP contribution >= 0.6 is 0 Å². The van der Waals surface area contributed by atoms with Gasteiger partial charge in [-0.1, -0.05) is 0 Å². The summed E-state index contributed by atoms with van der Waals surface area (Å²) in [6.45, 7) is 5.14. The van der Waals surface area contributed by atoms with Gasteiger partial charge in [-0.15, -0.1) is 0 Å². The van der Waals surface area contributed by atoms with Crippen molar-refractivity contribution < 1.29 is 9.53 Å². The molecule has 1 rings (SSSR count). The van der Waals surface area contributed by atoms with E-state index < -0.39 is 5.97 Å². The van der Waals surface area contributed by atoms with Crippen molar-refractivity contribution in [2.24, 2.45) is 0 Å². The van der Waals surface area contributed by atoms with E-state index in [4.69, 9.17) is 10.5 Å². The zero-order valence-electron chi connectivity index (χ0n) is 9.69. The second-order valence-corrected chi connectivity index (χ2v) is 3.92. The van der Waals surface area contributed by atoms with Crippen LogP contribution in [-0.4, -0.2) is 16.6 Å². The monoisotopic (exact) mass is 224 g/mol. The quantitative estimate of drug-likeness (QED) is 0.766. The van der Waals surface area contributed by atoms with Crippen molar-refractivity contribution in [2.75, 3.05) is 5.73 Å². The predicted octanol–water partition coefficient (Wildman–Crippen LogP) is 0.691. The van der Waals surface area contributed by atoms with E-state index in [1.54, 1.807) is 20.8 Å². The third-order valence-electron chi connectivity index (χ3n) is 2.04. The molecule has 5 heteroatoms. The number of ether oxygens (including phenoxy) is 1. The van der Waals surface area contributed by atoms with Gasteiger partial charge in [-0.05, 0) is 26.3 Å². The van der Waals surface area contributed by atoms with Crippen molar-refractivity contribution in [2.45, 2.75) is 33.4 Å². The van der Waals surface area contributed by atoms with Crippen LogP contribution < -0.4 is 11.3 Å². The fraction of sp³-hybridized carbons (Fsp3) is 0.455. The molecule has 0 radical (unpaired) electrons. The van der Waals surface area contributed by atoms with E-state index in [1.807, 2.05) is 0 Å². The Morgan fingerprint density at radius 1 is 1.56 bits per heavy atom. The number of carbonyl (C=O) groups excluding carboxylic acids is 1. The molecule has 0 aliphatic heterocycles. The minimum Gasteiger partial charge on any atom is -0.462 e. The van der Waals surface area contributed by atoms with E-state index >= 15 is 0 Å². The standard InChI is InChI=1S/C11H16N2O3/c1-7(2)16-11(15)6-13-5-9(12)8(3)4-10(13)14/h4-5,7H,6,12H2,1-3H3. The van der Waals surface area contributed by atoms with Gasteiger partial charge in [0.25, 0.3) is 5.56 Å². The minimum atomic E-state index is -0.444. The number of nitrogens with zero attached hydrogens (tertiary/aromatic N) is 1. The SMILES string of the molecule is Cc1cc(=O)n(CC(=O)OC(C)C)cc1N. The van der Waals surface area contributed by atoms with Gasteiger partial charge in [0.05, 0.1) is 11.8 Å². The maximum Gasteiger partial charge on any atom is 0.326 e. The lowest BCUT2D eigenvalue weighted by Gasteiger charge is -2.10. The minimum absolute atomic E-state index is 0.110. The molecule has 0 atom stereocenters. The van der Waals surface area contributed by atoms with Crippen LogP contribution in [0.3, 0.4) is 0 Å². The van der Waals surface area contributed by atoms with Crippen molar-refractivity contribution in [3.05, 3.63) is 28.2 Å². The molecule has 0 bridgehead atoms. The van der Waals surface area contributed by atoms with Crippen LogP contribution in [0.4, 0.5) is 5.69 Å². The average Bonchev–Trinajstić information content (AvgIpc) is 2.12. The Hall–Kier alpha value is -1.78. The highest BCUT2D eigenvalue weighted by Crippen LogP contribution is 2.05. The lowest BCUT2D eigenvalue weighted by molar-refractivity contribution is -0.148. The summed E-state index contributed by atoms with van der Waals surface area (Å²) >= 11 is 0. The summed E-state index contributed by atoms with van der Waals surface area (Å²) in [6, 6.07) is 1.40. The number of anilines is 1. The van der Waals surface area contributed by atoms with Gasteiger partial charge in [-0.3, -0.25) is 9.59 Å². The zero-order chi connectivity index (χ0) is 12.3. The molecule has 0 aliphatic carbocycles. The van der Waals surface area contributed by atoms with Gasteiger partial charge in [0.1, 0.15) is 6.54 Å². The molecule has 0 aliphatic rings. The first kappa shape index (κ1) is 12.3. The summed E-state index contributed by atoms with van der Waals surface area (Å²) in [5.41, 5.74) is 6.59. The Morgan fingerprint density at radius 3 is 2.75 bits per heavy atom. The lowest BCUT2D eigenvalue weighted by atomic mass is 10.2. The van der Waals surface area contributed by atoms with Crippen LogP contribution in [-0.2, 0) is 16.1 Å². The van der Waals surface area contributed by atoms with E-state index in [9.17, 15) is 9.59 Å². The van der Waals surface area contributed by atoms with Crippen molar-refractivity contribution in [3.63, 3.8) is 0 Å². The molecule has 88 valence electrons. The summed E-state index contributed by atoms with van der Waals surface area (Å²) < 4.78 is 6.18. The number of hydrogen-bond donors (Lipinski definition) is 1. The summed E-state index contributed by atoms with van der Waals surface area (Å²) in [7, 11) is 0. The number of nitrogen functional groups attached to an aromatic ring is 1. The number of aryl methyl sites for hydroxylation is 1. The third-order valence-corrected chi connectivity index (χ3v) is 2.04. The highest BCUT2D eigenvalue weighted by atomic mass is 16.5. The molecule has 0 saturated heterocycles. The molecule has 0 spiro atoms. The second kappa shape index (κ2) is 4.83. The Labute approximate surface area is 93.8 Å². The van der Waals surface area contributed by atoms with E-state index in [0.717, 1.165) is 0 Å². The number of aromatic nitrogens is 1. The number of pyridine rings is 1. The summed E-state index contributed by atoms with van der Waals surface area (Å²) in [6.07, 6.45) is 1.27. The van der Waals surface area contributed by atoms with Crippen LogP contribution in [0.15, 0.2) is 17.1 Å². The fourth-order valence-corrected chi connectivity index (χ4v) is 1.25. The Balaban J connectivity index is 2.86. The van der Waals surface area contributed by atoms with Crippen LogP contribution in [0.5, 0.6) is 0 Å². The van der Waals surface area contributed by atoms with Gasteiger partial charge in [0.2, 0.25) is 0 Å². The van der Waals surface area contributed by atoms with Gasteiger partial charge < -0.3 is 15.0 Å². The van der Waals surface area contributed by atoms with E-state index in [1.165, 1.54) is 16.8 Å². The molecule has 2 N–H and O–H groups in total. The van der Waals surface area contributed by atoms with Crippen molar-refractivity contribution in [3.8, 4) is 0 Å². The Morgan fingerprint density at radius 2 is 2.19 bits per heavy atom. The van der Waals surface area contributed by atoms with Gasteiger partial charge in [-0.25, -0.2) is 0 Å². The largest absolute Gasteiger partial charge is 0.462 e. The highest BCUT2D eigenvalue weighted by Gasteiger charge is 2.08. The van der Waals surface area contributed by atoms with Crippen molar-refractivity contribution in [1.82, 2.24) is 4.57 Å². The summed E-state index contributed by atoms with van der Waals surface area (Å²) in [5.74, 6) is -0.444. The molecule has 0 unspecified atom stereocenters. The lowest BCUT2D eigenvalue weighted by Crippen LogP contribution is -2.26. The number of hydrogen-bond acceptors (Lipinski definition) is 4. The molecule has 1 heterocycles. The molecule has 5 nitrogen and oxygen atoms in total. The first-order chi connectivity index (χ1) is 7.40. The number of rotatable bonds is 3. The fourth-order valence-electron chi connectivity index (χ4n) is 1.25. The molecule has 1 aromatic heterocycles. The van der Waals surface area contributed by atoms with E-state index in [-0.39, 0.29) is 18.2 Å². The van der Waals surface area contributed by atoms with E-state index in [2.05, 4.69) is 0 Å². The second-order valence-electron chi connectivity index (χ2n) is 3.92. The maximum atomic E-state index is 11.5. The highest BCUT2D eigenvalue weighted by molar-refractivity contribution is 5.69. The first-order valence-corrected chi connectivity index (χ1v) is 5.06. The number of carbonyl (C=O) groups is 1. The average molecular weight is 224 g/mol. The molecular weight excluding hydrogens is 208 g/mol. The Bertz CT molecular complexity index is 449. The molecule has 0 saturated carbocycles.